The van der Waals surface area contributed by atoms with Gasteiger partial charge in [-0.2, -0.15) is 0 Å². The Bertz CT molecular complexity index is 283. The molecule has 0 aromatic rings. The third-order valence-corrected chi connectivity index (χ3v) is 4.35. The number of piperidine rings is 1. The van der Waals surface area contributed by atoms with Gasteiger partial charge in [0.05, 0.1) is 6.04 Å². The molecule has 1 aliphatic rings. The summed E-state index contributed by atoms with van der Waals surface area (Å²) in [6.45, 7) is 10.1. The maximum Gasteiger partial charge on any atom is 0.237 e. The third kappa shape index (κ3) is 4.77. The average molecular weight is 269 g/mol. The van der Waals surface area contributed by atoms with Crippen LogP contribution in [0.15, 0.2) is 0 Å². The van der Waals surface area contributed by atoms with Gasteiger partial charge in [0.25, 0.3) is 0 Å². The number of amides is 1. The van der Waals surface area contributed by atoms with Crippen LogP contribution in [0.2, 0.25) is 0 Å². The minimum absolute atomic E-state index is 0.0522. The van der Waals surface area contributed by atoms with Crippen molar-refractivity contribution in [2.75, 3.05) is 13.1 Å². The first-order valence-electron chi connectivity index (χ1n) is 7.75. The average Bonchev–Trinajstić information content (AvgIpc) is 2.38. The quantitative estimate of drug-likeness (QED) is 0.772. The molecule has 4 nitrogen and oxygen atoms in total. The molecule has 4 heteroatoms. The topological polar surface area (TPSA) is 58.4 Å². The molecule has 0 aromatic heterocycles. The second kappa shape index (κ2) is 7.85. The van der Waals surface area contributed by atoms with Crippen LogP contribution in [0.5, 0.6) is 0 Å². The molecule has 1 heterocycles. The number of nitrogens with zero attached hydrogens (tertiary/aromatic N) is 1. The van der Waals surface area contributed by atoms with Crippen molar-refractivity contribution in [2.24, 2.45) is 11.7 Å². The van der Waals surface area contributed by atoms with E-state index in [9.17, 15) is 4.79 Å². The number of hydrogen-bond donors (Lipinski definition) is 2. The molecule has 1 amide bonds. The maximum absolute atomic E-state index is 12.3. The molecular formula is C15H31N3O. The van der Waals surface area contributed by atoms with E-state index in [1.54, 1.807) is 0 Å². The zero-order chi connectivity index (χ0) is 14.4. The first-order valence-corrected chi connectivity index (χ1v) is 7.75. The molecule has 19 heavy (non-hydrogen) atoms. The van der Waals surface area contributed by atoms with Gasteiger partial charge in [0.15, 0.2) is 0 Å². The Labute approximate surface area is 118 Å². The zero-order valence-corrected chi connectivity index (χ0v) is 13.0. The molecule has 0 radical (unpaired) electrons. The van der Waals surface area contributed by atoms with Crippen molar-refractivity contribution in [3.8, 4) is 0 Å². The summed E-state index contributed by atoms with van der Waals surface area (Å²) in [5.41, 5.74) is 5.78. The molecule has 0 saturated carbocycles. The highest BCUT2D eigenvalue weighted by molar-refractivity contribution is 5.81. The van der Waals surface area contributed by atoms with Gasteiger partial charge in [0.2, 0.25) is 5.91 Å². The molecule has 4 unspecified atom stereocenters. The third-order valence-electron chi connectivity index (χ3n) is 4.35. The van der Waals surface area contributed by atoms with Crippen molar-refractivity contribution >= 4 is 5.91 Å². The fourth-order valence-corrected chi connectivity index (χ4v) is 2.96. The molecule has 4 atom stereocenters. The normalized spacial score (nSPS) is 27.8. The molecule has 1 aliphatic heterocycles. The minimum atomic E-state index is -0.0522. The Morgan fingerprint density at radius 3 is 2.68 bits per heavy atom. The molecular weight excluding hydrogens is 238 g/mol. The van der Waals surface area contributed by atoms with Gasteiger partial charge >= 0.3 is 0 Å². The van der Waals surface area contributed by atoms with Crippen molar-refractivity contribution in [3.05, 3.63) is 0 Å². The SMILES string of the molecule is CCCC(C)NC(=O)C(C)N1CC(CN)CCC1C. The van der Waals surface area contributed by atoms with Gasteiger partial charge in [-0.3, -0.25) is 9.69 Å². The fourth-order valence-electron chi connectivity index (χ4n) is 2.96. The van der Waals surface area contributed by atoms with Crippen LogP contribution in [0.25, 0.3) is 0 Å². The van der Waals surface area contributed by atoms with E-state index in [1.165, 1.54) is 6.42 Å². The Kier molecular flexibility index (Phi) is 6.80. The van der Waals surface area contributed by atoms with Crippen LogP contribution in [0.1, 0.15) is 53.4 Å². The summed E-state index contributed by atoms with van der Waals surface area (Å²) in [5, 5.41) is 3.12. The van der Waals surface area contributed by atoms with Crippen molar-refractivity contribution in [1.82, 2.24) is 10.2 Å². The summed E-state index contributed by atoms with van der Waals surface area (Å²) in [6, 6.07) is 0.694. The first kappa shape index (κ1) is 16.4. The van der Waals surface area contributed by atoms with Crippen LogP contribution in [0.4, 0.5) is 0 Å². The van der Waals surface area contributed by atoms with E-state index in [2.05, 4.69) is 31.0 Å². The number of rotatable bonds is 6. The summed E-state index contributed by atoms with van der Waals surface area (Å²) in [7, 11) is 0. The molecule has 0 aliphatic carbocycles. The number of nitrogens with one attached hydrogen (secondary N) is 1. The van der Waals surface area contributed by atoms with E-state index >= 15 is 0 Å². The lowest BCUT2D eigenvalue weighted by Crippen LogP contribution is -2.54. The molecule has 0 bridgehead atoms. The predicted molar refractivity (Wildman–Crippen MR) is 79.9 cm³/mol. The lowest BCUT2D eigenvalue weighted by Gasteiger charge is -2.41. The highest BCUT2D eigenvalue weighted by Crippen LogP contribution is 2.23. The van der Waals surface area contributed by atoms with Gasteiger partial charge in [-0.05, 0) is 52.5 Å². The van der Waals surface area contributed by atoms with E-state index < -0.39 is 0 Å². The van der Waals surface area contributed by atoms with E-state index in [0.29, 0.717) is 12.0 Å². The number of nitrogens with two attached hydrogens (primary N) is 1. The number of hydrogen-bond acceptors (Lipinski definition) is 3. The first-order chi connectivity index (χ1) is 8.99. The standard InChI is InChI=1S/C15H31N3O/c1-5-6-11(2)17-15(19)13(4)18-10-14(9-16)8-7-12(18)3/h11-14H,5-10,16H2,1-4H3,(H,17,19). The zero-order valence-electron chi connectivity index (χ0n) is 13.0. The Morgan fingerprint density at radius 2 is 2.11 bits per heavy atom. The van der Waals surface area contributed by atoms with Gasteiger partial charge < -0.3 is 11.1 Å². The van der Waals surface area contributed by atoms with Crippen molar-refractivity contribution in [3.63, 3.8) is 0 Å². The molecule has 1 rings (SSSR count). The lowest BCUT2D eigenvalue weighted by atomic mass is 9.92. The van der Waals surface area contributed by atoms with Crippen LogP contribution < -0.4 is 11.1 Å². The second-order valence-corrected chi connectivity index (χ2v) is 6.10. The maximum atomic E-state index is 12.3. The summed E-state index contributed by atoms with van der Waals surface area (Å²) in [5.74, 6) is 0.699. The van der Waals surface area contributed by atoms with Gasteiger partial charge in [-0.1, -0.05) is 13.3 Å². The smallest absolute Gasteiger partial charge is 0.237 e. The lowest BCUT2D eigenvalue weighted by molar-refractivity contribution is -0.128. The van der Waals surface area contributed by atoms with E-state index in [-0.39, 0.29) is 18.0 Å². The molecule has 3 N–H and O–H groups in total. The van der Waals surface area contributed by atoms with Gasteiger partial charge in [-0.25, -0.2) is 0 Å². The highest BCUT2D eigenvalue weighted by atomic mass is 16.2. The summed E-state index contributed by atoms with van der Waals surface area (Å²) < 4.78 is 0. The summed E-state index contributed by atoms with van der Waals surface area (Å²) in [4.78, 5) is 14.6. The Hall–Kier alpha value is -0.610. The molecule has 0 spiro atoms. The molecule has 1 saturated heterocycles. The fraction of sp³-hybridized carbons (Fsp3) is 0.933. The van der Waals surface area contributed by atoms with Gasteiger partial charge in [-0.15, -0.1) is 0 Å². The molecule has 0 aromatic carbocycles. The second-order valence-electron chi connectivity index (χ2n) is 6.10. The minimum Gasteiger partial charge on any atom is -0.352 e. The van der Waals surface area contributed by atoms with Gasteiger partial charge in [0, 0.05) is 18.6 Å². The number of carbonyl (C=O) groups excluding carboxylic acids is 1. The number of carbonyl (C=O) groups is 1. The van der Waals surface area contributed by atoms with Crippen LogP contribution in [0.3, 0.4) is 0 Å². The van der Waals surface area contributed by atoms with Crippen LogP contribution in [0, 0.1) is 5.92 Å². The van der Waals surface area contributed by atoms with E-state index in [4.69, 9.17) is 5.73 Å². The van der Waals surface area contributed by atoms with Crippen LogP contribution >= 0.6 is 0 Å². The van der Waals surface area contributed by atoms with Crippen LogP contribution in [-0.2, 0) is 4.79 Å². The van der Waals surface area contributed by atoms with Crippen LogP contribution in [-0.4, -0.2) is 42.0 Å². The molecule has 1 fully saturated rings. The van der Waals surface area contributed by atoms with Gasteiger partial charge in [0.1, 0.15) is 0 Å². The molecule has 112 valence electrons. The van der Waals surface area contributed by atoms with Crippen molar-refractivity contribution in [1.29, 1.82) is 0 Å². The van der Waals surface area contributed by atoms with Crippen molar-refractivity contribution in [2.45, 2.75) is 71.5 Å². The summed E-state index contributed by atoms with van der Waals surface area (Å²) in [6.07, 6.45) is 4.48. The van der Waals surface area contributed by atoms with E-state index in [0.717, 1.165) is 32.4 Å². The summed E-state index contributed by atoms with van der Waals surface area (Å²) >= 11 is 0. The Balaban J connectivity index is 2.54. The Morgan fingerprint density at radius 1 is 1.42 bits per heavy atom. The highest BCUT2D eigenvalue weighted by Gasteiger charge is 2.31. The predicted octanol–water partition coefficient (Wildman–Crippen LogP) is 1.74. The van der Waals surface area contributed by atoms with Crippen molar-refractivity contribution < 1.29 is 4.79 Å². The monoisotopic (exact) mass is 269 g/mol. The van der Waals surface area contributed by atoms with E-state index in [1.807, 2.05) is 6.92 Å². The number of likely N-dealkylation sites (tertiary alicyclic amines) is 1. The largest absolute Gasteiger partial charge is 0.352 e.